The van der Waals surface area contributed by atoms with E-state index >= 15 is 0 Å². The second-order valence-corrected chi connectivity index (χ2v) is 4.94. The van der Waals surface area contributed by atoms with Crippen LogP contribution in [-0.4, -0.2) is 18.1 Å². The summed E-state index contributed by atoms with van der Waals surface area (Å²) in [5.41, 5.74) is 1.63. The molecule has 1 aromatic carbocycles. The molecule has 0 unspecified atom stereocenters. The Morgan fingerprint density at radius 1 is 1.53 bits per heavy atom. The van der Waals surface area contributed by atoms with Crippen molar-refractivity contribution >= 4 is 28.1 Å². The number of aromatic nitrogens is 1. The van der Waals surface area contributed by atoms with Gasteiger partial charge in [0.1, 0.15) is 0 Å². The van der Waals surface area contributed by atoms with Gasteiger partial charge in [0.05, 0.1) is 18.7 Å². The number of hydrogen-bond donors (Lipinski definition) is 1. The third-order valence-corrected chi connectivity index (χ3v) is 3.30. The molecule has 0 bridgehead atoms. The number of thiazole rings is 1. The minimum Gasteiger partial charge on any atom is -0.464 e. The summed E-state index contributed by atoms with van der Waals surface area (Å²) in [6, 6.07) is 9.11. The van der Waals surface area contributed by atoms with Gasteiger partial charge < -0.3 is 10.1 Å². The molecule has 0 aliphatic carbocycles. The Kier molecular flexibility index (Phi) is 3.78. The first-order chi connectivity index (χ1) is 9.13. The number of nitriles is 1. The highest BCUT2D eigenvalue weighted by Gasteiger charge is 2.15. The van der Waals surface area contributed by atoms with Crippen LogP contribution in [0.2, 0.25) is 0 Å². The van der Waals surface area contributed by atoms with Crippen LogP contribution in [0.25, 0.3) is 0 Å². The minimum absolute atomic E-state index is 0.312. The molecule has 0 spiro atoms. The predicted octanol–water partition coefficient (Wildman–Crippen LogP) is 2.85. The number of carbonyl (C=O) groups excluding carboxylic acids is 1. The average Bonchev–Trinajstić information content (AvgIpc) is 2.79. The summed E-state index contributed by atoms with van der Waals surface area (Å²) in [5.74, 6) is -0.451. The fourth-order valence-electron chi connectivity index (χ4n) is 1.53. The SMILES string of the molecule is COC(=O)c1nc(Nc2cccc(C#N)c2)sc1C. The Morgan fingerprint density at radius 3 is 3.00 bits per heavy atom. The highest BCUT2D eigenvalue weighted by atomic mass is 32.1. The Morgan fingerprint density at radius 2 is 2.32 bits per heavy atom. The van der Waals surface area contributed by atoms with E-state index in [0.29, 0.717) is 16.4 Å². The van der Waals surface area contributed by atoms with Crippen molar-refractivity contribution in [3.63, 3.8) is 0 Å². The smallest absolute Gasteiger partial charge is 0.357 e. The number of benzene rings is 1. The average molecular weight is 273 g/mol. The van der Waals surface area contributed by atoms with Crippen molar-refractivity contribution in [2.45, 2.75) is 6.92 Å². The number of nitrogens with one attached hydrogen (secondary N) is 1. The Balaban J connectivity index is 2.24. The summed E-state index contributed by atoms with van der Waals surface area (Å²) in [6.45, 7) is 1.81. The van der Waals surface area contributed by atoms with Gasteiger partial charge in [-0.15, -0.1) is 11.3 Å². The van der Waals surface area contributed by atoms with Gasteiger partial charge in [-0.05, 0) is 25.1 Å². The van der Waals surface area contributed by atoms with Crippen LogP contribution < -0.4 is 5.32 Å². The van der Waals surface area contributed by atoms with Gasteiger partial charge in [-0.1, -0.05) is 6.07 Å². The van der Waals surface area contributed by atoms with Gasteiger partial charge in [-0.3, -0.25) is 0 Å². The summed E-state index contributed by atoms with van der Waals surface area (Å²) in [4.78, 5) is 16.4. The Labute approximate surface area is 114 Å². The molecule has 2 rings (SSSR count). The van der Waals surface area contributed by atoms with Crippen LogP contribution in [0, 0.1) is 18.3 Å². The lowest BCUT2D eigenvalue weighted by molar-refractivity contribution is 0.0594. The molecule has 1 N–H and O–H groups in total. The predicted molar refractivity (Wildman–Crippen MR) is 72.6 cm³/mol. The zero-order chi connectivity index (χ0) is 13.8. The van der Waals surface area contributed by atoms with Crippen molar-refractivity contribution in [3.8, 4) is 6.07 Å². The van der Waals surface area contributed by atoms with Gasteiger partial charge >= 0.3 is 5.97 Å². The van der Waals surface area contributed by atoms with E-state index in [1.807, 2.05) is 6.07 Å². The molecular weight excluding hydrogens is 262 g/mol. The quantitative estimate of drug-likeness (QED) is 0.870. The maximum Gasteiger partial charge on any atom is 0.357 e. The summed E-state index contributed by atoms with van der Waals surface area (Å²) < 4.78 is 4.65. The number of hydrogen-bond acceptors (Lipinski definition) is 6. The minimum atomic E-state index is -0.451. The third-order valence-electron chi connectivity index (χ3n) is 2.42. The maximum atomic E-state index is 11.5. The Hall–Kier alpha value is -2.39. The van der Waals surface area contributed by atoms with E-state index < -0.39 is 5.97 Å². The fraction of sp³-hybridized carbons (Fsp3) is 0.154. The second-order valence-electron chi connectivity index (χ2n) is 3.73. The third kappa shape index (κ3) is 2.89. The summed E-state index contributed by atoms with van der Waals surface area (Å²) in [5, 5.41) is 12.5. The van der Waals surface area contributed by atoms with Gasteiger partial charge in [-0.25, -0.2) is 9.78 Å². The number of carbonyl (C=O) groups is 1. The van der Waals surface area contributed by atoms with Crippen molar-refractivity contribution in [2.75, 3.05) is 12.4 Å². The number of rotatable bonds is 3. The largest absolute Gasteiger partial charge is 0.464 e. The number of nitrogens with zero attached hydrogens (tertiary/aromatic N) is 2. The van der Waals surface area contributed by atoms with Gasteiger partial charge in [0.25, 0.3) is 0 Å². The van der Waals surface area contributed by atoms with E-state index in [9.17, 15) is 4.79 Å². The standard InChI is InChI=1S/C13H11N3O2S/c1-8-11(12(17)18-2)16-13(19-8)15-10-5-3-4-9(6-10)7-14/h3-6H,1-2H3,(H,15,16). The highest BCUT2D eigenvalue weighted by Crippen LogP contribution is 2.26. The number of ether oxygens (including phenoxy) is 1. The zero-order valence-electron chi connectivity index (χ0n) is 10.4. The molecule has 0 radical (unpaired) electrons. The summed E-state index contributed by atoms with van der Waals surface area (Å²) >= 11 is 1.36. The molecule has 96 valence electrons. The lowest BCUT2D eigenvalue weighted by Gasteiger charge is -2.01. The highest BCUT2D eigenvalue weighted by molar-refractivity contribution is 7.15. The van der Waals surface area contributed by atoms with Gasteiger partial charge in [0, 0.05) is 10.6 Å². The first-order valence-electron chi connectivity index (χ1n) is 5.47. The monoisotopic (exact) mass is 273 g/mol. The molecule has 1 heterocycles. The molecule has 0 atom stereocenters. The molecule has 0 saturated heterocycles. The van der Waals surface area contributed by atoms with Crippen LogP contribution >= 0.6 is 11.3 Å². The van der Waals surface area contributed by atoms with Crippen LogP contribution in [0.1, 0.15) is 20.9 Å². The molecule has 0 aliphatic rings. The molecule has 0 aliphatic heterocycles. The second kappa shape index (κ2) is 5.50. The van der Waals surface area contributed by atoms with Crippen molar-refractivity contribution < 1.29 is 9.53 Å². The van der Waals surface area contributed by atoms with Crippen molar-refractivity contribution in [3.05, 3.63) is 40.4 Å². The molecule has 0 saturated carbocycles. The number of methoxy groups -OCH3 is 1. The molecule has 0 fully saturated rings. The van der Waals surface area contributed by atoms with Crippen LogP contribution in [0.3, 0.4) is 0 Å². The summed E-state index contributed by atoms with van der Waals surface area (Å²) in [6.07, 6.45) is 0. The molecule has 5 nitrogen and oxygen atoms in total. The molecule has 1 aromatic heterocycles. The molecular formula is C13H11N3O2S. The van der Waals surface area contributed by atoms with E-state index in [0.717, 1.165) is 10.6 Å². The van der Waals surface area contributed by atoms with Crippen LogP contribution in [-0.2, 0) is 4.74 Å². The van der Waals surface area contributed by atoms with Crippen molar-refractivity contribution in [2.24, 2.45) is 0 Å². The number of anilines is 2. The Bertz CT molecular complexity index is 658. The molecule has 2 aromatic rings. The number of esters is 1. The first-order valence-corrected chi connectivity index (χ1v) is 6.28. The number of aryl methyl sites for hydroxylation is 1. The van der Waals surface area contributed by atoms with Crippen LogP contribution in [0.4, 0.5) is 10.8 Å². The summed E-state index contributed by atoms with van der Waals surface area (Å²) in [7, 11) is 1.32. The topological polar surface area (TPSA) is 75.0 Å². The van der Waals surface area contributed by atoms with Crippen molar-refractivity contribution in [1.29, 1.82) is 5.26 Å². The maximum absolute atomic E-state index is 11.5. The van der Waals surface area contributed by atoms with Gasteiger partial charge in [-0.2, -0.15) is 5.26 Å². The normalized spacial score (nSPS) is 9.74. The van der Waals surface area contributed by atoms with E-state index in [2.05, 4.69) is 21.1 Å². The fourth-order valence-corrected chi connectivity index (χ4v) is 2.35. The van der Waals surface area contributed by atoms with Gasteiger partial charge in [0.2, 0.25) is 0 Å². The molecule has 19 heavy (non-hydrogen) atoms. The first kappa shape index (κ1) is 13.1. The zero-order valence-corrected chi connectivity index (χ0v) is 11.2. The van der Waals surface area contributed by atoms with E-state index in [1.54, 1.807) is 25.1 Å². The molecule has 6 heteroatoms. The van der Waals surface area contributed by atoms with Crippen LogP contribution in [0.15, 0.2) is 24.3 Å². The van der Waals surface area contributed by atoms with E-state index in [1.165, 1.54) is 18.4 Å². The van der Waals surface area contributed by atoms with Crippen LogP contribution in [0.5, 0.6) is 0 Å². The van der Waals surface area contributed by atoms with E-state index in [-0.39, 0.29) is 0 Å². The molecule has 0 amide bonds. The van der Waals surface area contributed by atoms with Crippen molar-refractivity contribution in [1.82, 2.24) is 4.98 Å². The lowest BCUT2D eigenvalue weighted by atomic mass is 10.2. The van der Waals surface area contributed by atoms with Gasteiger partial charge in [0.15, 0.2) is 10.8 Å². The van der Waals surface area contributed by atoms with E-state index in [4.69, 9.17) is 5.26 Å². The lowest BCUT2D eigenvalue weighted by Crippen LogP contribution is -2.03.